The number of nitrogens with zero attached hydrogens (tertiary/aromatic N) is 1. The van der Waals surface area contributed by atoms with E-state index in [9.17, 15) is 9.59 Å². The highest BCUT2D eigenvalue weighted by molar-refractivity contribution is 5.86. The molecule has 0 aromatic heterocycles. The van der Waals surface area contributed by atoms with E-state index in [0.29, 0.717) is 48.6 Å². The topological polar surface area (TPSA) is 38.5 Å². The van der Waals surface area contributed by atoms with Crippen LogP contribution in [-0.4, -0.2) is 11.6 Å². The molecule has 0 amide bonds. The minimum atomic E-state index is -0.0868. The van der Waals surface area contributed by atoms with Gasteiger partial charge >= 0.3 is 0 Å². The maximum absolute atomic E-state index is 13.3. The number of rotatable bonds is 0. The lowest BCUT2D eigenvalue weighted by Crippen LogP contribution is -2.56. The van der Waals surface area contributed by atoms with Crippen LogP contribution in [0, 0.1) is 41.1 Å². The van der Waals surface area contributed by atoms with E-state index in [1.807, 2.05) is 0 Å². The van der Waals surface area contributed by atoms with Gasteiger partial charge in [-0.25, -0.2) is 4.85 Å². The SMILES string of the molecule is [C-]#[N+]/C=C1/CC[C@H]2[C@@H]3CC[C@H]4CC(=O)CC[C@]4(C)[C@H]3C(=O)C[C@]12C. The normalized spacial score (nSPS) is 49.3. The number of hydrogen-bond donors (Lipinski definition) is 0. The third-order valence-electron chi connectivity index (χ3n) is 8.24. The van der Waals surface area contributed by atoms with Gasteiger partial charge in [-0.2, -0.15) is 0 Å². The predicted molar refractivity (Wildman–Crippen MR) is 91.8 cm³/mol. The first kappa shape index (κ1) is 16.1. The first-order valence-electron chi connectivity index (χ1n) is 9.50. The summed E-state index contributed by atoms with van der Waals surface area (Å²) in [5, 5.41) is 0. The molecule has 0 heterocycles. The lowest BCUT2D eigenvalue weighted by Gasteiger charge is -2.58. The molecule has 24 heavy (non-hydrogen) atoms. The molecule has 128 valence electrons. The van der Waals surface area contributed by atoms with Gasteiger partial charge in [0.15, 0.2) is 6.20 Å². The number of allylic oxidation sites excluding steroid dienone is 1. The van der Waals surface area contributed by atoms with Crippen molar-refractivity contribution in [2.24, 2.45) is 34.5 Å². The zero-order valence-electron chi connectivity index (χ0n) is 14.8. The quantitative estimate of drug-likeness (QED) is 0.611. The molecule has 0 aromatic rings. The van der Waals surface area contributed by atoms with Gasteiger partial charge in [-0.3, -0.25) is 9.59 Å². The molecule has 0 N–H and O–H groups in total. The van der Waals surface area contributed by atoms with Crippen LogP contribution >= 0.6 is 0 Å². The molecule has 0 bridgehead atoms. The largest absolute Gasteiger partial charge is 0.300 e. The van der Waals surface area contributed by atoms with Crippen molar-refractivity contribution in [3.8, 4) is 0 Å². The number of hydrogen-bond acceptors (Lipinski definition) is 2. The zero-order valence-corrected chi connectivity index (χ0v) is 14.8. The van der Waals surface area contributed by atoms with Crippen LogP contribution in [0.2, 0.25) is 0 Å². The van der Waals surface area contributed by atoms with Gasteiger partial charge in [0.2, 0.25) is 0 Å². The Balaban J connectivity index is 1.71. The van der Waals surface area contributed by atoms with Crippen molar-refractivity contribution >= 4 is 11.6 Å². The summed E-state index contributed by atoms with van der Waals surface area (Å²) in [5.74, 6) is 2.37. The Labute approximate surface area is 144 Å². The highest BCUT2D eigenvalue weighted by atomic mass is 16.1. The summed E-state index contributed by atoms with van der Waals surface area (Å²) in [6, 6.07) is 0. The van der Waals surface area contributed by atoms with E-state index in [2.05, 4.69) is 18.7 Å². The van der Waals surface area contributed by atoms with E-state index in [-0.39, 0.29) is 16.7 Å². The molecule has 0 radical (unpaired) electrons. The molecule has 0 spiro atoms. The van der Waals surface area contributed by atoms with Gasteiger partial charge in [0.05, 0.1) is 6.57 Å². The summed E-state index contributed by atoms with van der Waals surface area (Å²) in [6.07, 6.45) is 8.87. The molecule has 4 saturated carbocycles. The van der Waals surface area contributed by atoms with Gasteiger partial charge in [0.1, 0.15) is 11.6 Å². The molecule has 3 nitrogen and oxygen atoms in total. The summed E-state index contributed by atoms with van der Waals surface area (Å²) >= 11 is 0. The number of ketones is 2. The third kappa shape index (κ3) is 2.01. The Morgan fingerprint density at radius 3 is 2.71 bits per heavy atom. The highest BCUT2D eigenvalue weighted by Gasteiger charge is 2.61. The standard InChI is InChI=1S/C21H27NO2/c1-20-9-8-15(23)10-13(20)4-6-16-17-7-5-14(12-22-3)21(17,2)11-18(24)19(16)20/h12-13,16-17,19H,4-11H2,1-2H3/b14-12-/t13-,16-,17-,19+,20-,21+/m0/s1. The first-order valence-corrected chi connectivity index (χ1v) is 9.50. The van der Waals surface area contributed by atoms with Crippen LogP contribution in [0.5, 0.6) is 0 Å². The molecule has 4 aliphatic carbocycles. The van der Waals surface area contributed by atoms with Crippen LogP contribution in [0.25, 0.3) is 4.85 Å². The molecule has 4 rings (SSSR count). The fourth-order valence-electron chi connectivity index (χ4n) is 7.00. The second kappa shape index (κ2) is 5.28. The Morgan fingerprint density at radius 2 is 1.96 bits per heavy atom. The summed E-state index contributed by atoms with van der Waals surface area (Å²) in [4.78, 5) is 28.7. The second-order valence-electron chi connectivity index (χ2n) is 9.15. The molecule has 0 aromatic carbocycles. The monoisotopic (exact) mass is 325 g/mol. The smallest absolute Gasteiger partial charge is 0.154 e. The van der Waals surface area contributed by atoms with E-state index in [1.54, 1.807) is 6.20 Å². The number of Topliss-reactive ketones (excluding diaryl/α,β-unsaturated/α-hetero) is 2. The molecule has 0 unspecified atom stereocenters. The van der Waals surface area contributed by atoms with Gasteiger partial charge in [-0.05, 0) is 60.7 Å². The van der Waals surface area contributed by atoms with Crippen LogP contribution in [-0.2, 0) is 9.59 Å². The number of carbonyl (C=O) groups excluding carboxylic acids is 2. The van der Waals surface area contributed by atoms with Crippen LogP contribution in [0.3, 0.4) is 0 Å². The minimum Gasteiger partial charge on any atom is -0.300 e. The van der Waals surface area contributed by atoms with E-state index in [1.165, 1.54) is 5.57 Å². The number of fused-ring (bicyclic) bond motifs is 5. The lowest BCUT2D eigenvalue weighted by molar-refractivity contribution is -0.156. The maximum atomic E-state index is 13.3. The Hall–Kier alpha value is -1.43. The van der Waals surface area contributed by atoms with Gasteiger partial charge in [0.25, 0.3) is 0 Å². The van der Waals surface area contributed by atoms with E-state index < -0.39 is 0 Å². The minimum absolute atomic E-state index is 0.0293. The van der Waals surface area contributed by atoms with Crippen molar-refractivity contribution in [2.45, 2.75) is 65.2 Å². The lowest BCUT2D eigenvalue weighted by atomic mass is 9.45. The van der Waals surface area contributed by atoms with Crippen molar-refractivity contribution < 1.29 is 9.59 Å². The average Bonchev–Trinajstić information content (AvgIpc) is 2.84. The van der Waals surface area contributed by atoms with Crippen molar-refractivity contribution in [1.82, 2.24) is 0 Å². The van der Waals surface area contributed by atoms with E-state index >= 15 is 0 Å². The molecule has 0 saturated heterocycles. The number of carbonyl (C=O) groups is 2. The van der Waals surface area contributed by atoms with Crippen LogP contribution in [0.15, 0.2) is 11.8 Å². The Morgan fingerprint density at radius 1 is 1.17 bits per heavy atom. The van der Waals surface area contributed by atoms with Crippen molar-refractivity contribution in [3.63, 3.8) is 0 Å². The molecule has 4 aliphatic rings. The Bertz CT molecular complexity index is 672. The maximum Gasteiger partial charge on any atom is 0.154 e. The highest BCUT2D eigenvalue weighted by Crippen LogP contribution is 2.66. The second-order valence-corrected chi connectivity index (χ2v) is 9.15. The fourth-order valence-corrected chi connectivity index (χ4v) is 7.00. The van der Waals surface area contributed by atoms with Crippen LogP contribution in [0.1, 0.15) is 65.2 Å². The third-order valence-corrected chi connectivity index (χ3v) is 8.24. The van der Waals surface area contributed by atoms with E-state index in [4.69, 9.17) is 6.57 Å². The van der Waals surface area contributed by atoms with E-state index in [0.717, 1.165) is 32.1 Å². The molecule has 3 heteroatoms. The first-order chi connectivity index (χ1) is 11.4. The molecule has 0 aliphatic heterocycles. The molecule has 6 atom stereocenters. The van der Waals surface area contributed by atoms with Crippen LogP contribution < -0.4 is 0 Å². The molecular formula is C21H27NO2. The predicted octanol–water partition coefficient (Wildman–Crippen LogP) is 4.58. The fraction of sp³-hybridized carbons (Fsp3) is 0.762. The summed E-state index contributed by atoms with van der Waals surface area (Å²) in [6.45, 7) is 11.7. The van der Waals surface area contributed by atoms with Gasteiger partial charge in [0, 0.05) is 25.2 Å². The zero-order chi connectivity index (χ0) is 17.1. The van der Waals surface area contributed by atoms with Crippen LogP contribution in [0.4, 0.5) is 0 Å². The van der Waals surface area contributed by atoms with Gasteiger partial charge < -0.3 is 0 Å². The van der Waals surface area contributed by atoms with Crippen molar-refractivity contribution in [2.75, 3.05) is 0 Å². The van der Waals surface area contributed by atoms with Gasteiger partial charge in [-0.15, -0.1) is 0 Å². The average molecular weight is 325 g/mol. The molecule has 4 fully saturated rings. The van der Waals surface area contributed by atoms with Crippen molar-refractivity contribution in [1.29, 1.82) is 0 Å². The van der Waals surface area contributed by atoms with Crippen molar-refractivity contribution in [3.05, 3.63) is 23.2 Å². The summed E-state index contributed by atoms with van der Waals surface area (Å²) in [5.41, 5.74) is 1.15. The summed E-state index contributed by atoms with van der Waals surface area (Å²) in [7, 11) is 0. The summed E-state index contributed by atoms with van der Waals surface area (Å²) < 4.78 is 0. The van der Waals surface area contributed by atoms with Gasteiger partial charge in [-0.1, -0.05) is 19.4 Å². The Kier molecular flexibility index (Phi) is 3.53. The molecular weight excluding hydrogens is 298 g/mol.